The van der Waals surface area contributed by atoms with Crippen molar-refractivity contribution >= 4 is 37.3 Å². The third kappa shape index (κ3) is 2.99. The predicted octanol–water partition coefficient (Wildman–Crippen LogP) is 1.63. The number of hydrogen-bond acceptors (Lipinski definition) is 6. The van der Waals surface area contributed by atoms with Crippen LogP contribution in [0.1, 0.15) is 0 Å². The van der Waals surface area contributed by atoms with Gasteiger partial charge in [-0.1, -0.05) is 0 Å². The molecule has 9 heteroatoms. The average Bonchev–Trinajstić information content (AvgIpc) is 2.42. The van der Waals surface area contributed by atoms with Gasteiger partial charge in [-0.25, -0.2) is 18.4 Å². The summed E-state index contributed by atoms with van der Waals surface area (Å²) in [5.74, 6) is 0.176. The Morgan fingerprint density at radius 1 is 1.30 bits per heavy atom. The Balaban J connectivity index is 2.47. The number of rotatable bonds is 4. The quantitative estimate of drug-likeness (QED) is 0.804. The Bertz CT molecular complexity index is 722. The summed E-state index contributed by atoms with van der Waals surface area (Å²) in [5, 5.41) is 0. The van der Waals surface area contributed by atoms with Gasteiger partial charge in [-0.15, -0.1) is 0 Å². The topological polar surface area (TPSA) is 107 Å². The maximum Gasteiger partial charge on any atom is 0.265 e. The molecule has 1 aromatic heterocycles. The molecule has 0 aliphatic heterocycles. The Morgan fingerprint density at radius 3 is 2.55 bits per heavy atom. The molecule has 7 nitrogen and oxygen atoms in total. The number of nitrogen functional groups attached to an aromatic ring is 1. The third-order valence-electron chi connectivity index (χ3n) is 2.39. The van der Waals surface area contributed by atoms with E-state index in [0.29, 0.717) is 4.47 Å². The zero-order valence-electron chi connectivity index (χ0n) is 10.4. The van der Waals surface area contributed by atoms with E-state index in [9.17, 15) is 8.42 Å². The van der Waals surface area contributed by atoms with Crippen molar-refractivity contribution < 1.29 is 13.2 Å². The van der Waals surface area contributed by atoms with Crippen molar-refractivity contribution in [1.29, 1.82) is 0 Å². The van der Waals surface area contributed by atoms with Crippen LogP contribution in [0.25, 0.3) is 0 Å². The average molecular weight is 359 g/mol. The molecule has 0 amide bonds. The highest BCUT2D eigenvalue weighted by Gasteiger charge is 2.21. The lowest BCUT2D eigenvalue weighted by atomic mass is 10.3. The van der Waals surface area contributed by atoms with Crippen LogP contribution in [0.4, 0.5) is 11.4 Å². The Kier molecular flexibility index (Phi) is 4.09. The molecule has 0 aliphatic carbocycles. The van der Waals surface area contributed by atoms with Gasteiger partial charge in [0.15, 0.2) is 0 Å². The number of hydrogen-bond donors (Lipinski definition) is 2. The Morgan fingerprint density at radius 2 is 1.95 bits per heavy atom. The minimum atomic E-state index is -3.85. The van der Waals surface area contributed by atoms with Crippen LogP contribution in [0.3, 0.4) is 0 Å². The van der Waals surface area contributed by atoms with Crippen LogP contribution in [-0.2, 0) is 10.0 Å². The second-order valence-corrected chi connectivity index (χ2v) is 6.26. The fourth-order valence-corrected chi connectivity index (χ4v) is 3.02. The summed E-state index contributed by atoms with van der Waals surface area (Å²) in [6, 6.07) is 2.81. The number of nitrogens with two attached hydrogens (primary N) is 1. The lowest BCUT2D eigenvalue weighted by Crippen LogP contribution is -2.15. The van der Waals surface area contributed by atoms with Crippen LogP contribution in [0.5, 0.6) is 5.75 Å². The van der Waals surface area contributed by atoms with E-state index in [4.69, 9.17) is 10.5 Å². The van der Waals surface area contributed by atoms with E-state index in [1.165, 1.54) is 38.0 Å². The fourth-order valence-electron chi connectivity index (χ4n) is 1.48. The molecule has 2 rings (SSSR count). The van der Waals surface area contributed by atoms with E-state index in [-0.39, 0.29) is 22.0 Å². The van der Waals surface area contributed by atoms with Gasteiger partial charge in [-0.3, -0.25) is 4.72 Å². The number of anilines is 2. The summed E-state index contributed by atoms with van der Waals surface area (Å²) in [7, 11) is -2.47. The van der Waals surface area contributed by atoms with E-state index in [2.05, 4.69) is 30.6 Å². The molecule has 3 N–H and O–H groups in total. The van der Waals surface area contributed by atoms with Crippen molar-refractivity contribution in [2.24, 2.45) is 0 Å². The van der Waals surface area contributed by atoms with E-state index in [1.807, 2.05) is 0 Å². The molecular formula is C11H11BrN4O3S. The monoisotopic (exact) mass is 358 g/mol. The van der Waals surface area contributed by atoms with Crippen molar-refractivity contribution in [2.45, 2.75) is 4.90 Å². The van der Waals surface area contributed by atoms with Gasteiger partial charge in [-0.2, -0.15) is 0 Å². The molecule has 0 spiro atoms. The Labute approximate surface area is 124 Å². The van der Waals surface area contributed by atoms with Crippen LogP contribution < -0.4 is 15.2 Å². The van der Waals surface area contributed by atoms with E-state index < -0.39 is 10.0 Å². The van der Waals surface area contributed by atoms with E-state index in [1.54, 1.807) is 0 Å². The highest BCUT2D eigenvalue weighted by Crippen LogP contribution is 2.33. The van der Waals surface area contributed by atoms with Crippen LogP contribution >= 0.6 is 15.9 Å². The Hall–Kier alpha value is -1.87. The molecule has 0 radical (unpaired) electrons. The van der Waals surface area contributed by atoms with Gasteiger partial charge < -0.3 is 10.5 Å². The second kappa shape index (κ2) is 5.63. The van der Waals surface area contributed by atoms with Gasteiger partial charge in [0.25, 0.3) is 10.0 Å². The number of nitrogens with zero attached hydrogens (tertiary/aromatic N) is 2. The van der Waals surface area contributed by atoms with Crippen LogP contribution in [0.15, 0.2) is 40.2 Å². The van der Waals surface area contributed by atoms with Gasteiger partial charge in [0, 0.05) is 10.2 Å². The standard InChI is InChI=1S/C11H11BrN4O3S/c1-19-10-2-8(12)9(13)3-11(10)20(17,18)16-7-4-14-6-15-5-7/h2-6,16H,13H2,1H3. The minimum absolute atomic E-state index is 0.0652. The SMILES string of the molecule is COc1cc(Br)c(N)cc1S(=O)(=O)Nc1cncnc1. The lowest BCUT2D eigenvalue weighted by molar-refractivity contribution is 0.402. The van der Waals surface area contributed by atoms with E-state index >= 15 is 0 Å². The maximum absolute atomic E-state index is 12.3. The fraction of sp³-hybridized carbons (Fsp3) is 0.0909. The molecule has 20 heavy (non-hydrogen) atoms. The zero-order chi connectivity index (χ0) is 14.8. The summed E-state index contributed by atoms with van der Waals surface area (Å²) in [6.45, 7) is 0. The predicted molar refractivity (Wildman–Crippen MR) is 77.9 cm³/mol. The normalized spacial score (nSPS) is 11.1. The lowest BCUT2D eigenvalue weighted by Gasteiger charge is -2.12. The number of ether oxygens (including phenoxy) is 1. The van der Waals surface area contributed by atoms with Gasteiger partial charge in [0.1, 0.15) is 17.0 Å². The second-order valence-electron chi connectivity index (χ2n) is 3.76. The minimum Gasteiger partial charge on any atom is -0.495 e. The summed E-state index contributed by atoms with van der Waals surface area (Å²) < 4.78 is 32.6. The molecule has 0 aliphatic rings. The number of benzene rings is 1. The smallest absolute Gasteiger partial charge is 0.265 e. The molecule has 0 bridgehead atoms. The molecule has 0 saturated carbocycles. The molecular weight excluding hydrogens is 348 g/mol. The van der Waals surface area contributed by atoms with E-state index in [0.717, 1.165) is 0 Å². The highest BCUT2D eigenvalue weighted by molar-refractivity contribution is 9.10. The largest absolute Gasteiger partial charge is 0.495 e. The third-order valence-corrected chi connectivity index (χ3v) is 4.47. The van der Waals surface area contributed by atoms with Gasteiger partial charge in [0.2, 0.25) is 0 Å². The molecule has 0 atom stereocenters. The summed E-state index contributed by atoms with van der Waals surface area (Å²) in [5.41, 5.74) is 6.25. The molecule has 1 heterocycles. The molecule has 0 unspecified atom stereocenters. The summed E-state index contributed by atoms with van der Waals surface area (Å²) in [4.78, 5) is 7.41. The van der Waals surface area contributed by atoms with Crippen LogP contribution in [0, 0.1) is 0 Å². The molecule has 106 valence electrons. The van der Waals surface area contributed by atoms with Crippen molar-refractivity contribution in [2.75, 3.05) is 17.6 Å². The first-order valence-corrected chi connectivity index (χ1v) is 7.62. The van der Waals surface area contributed by atoms with Gasteiger partial charge >= 0.3 is 0 Å². The van der Waals surface area contributed by atoms with Crippen molar-refractivity contribution in [3.05, 3.63) is 35.3 Å². The highest BCUT2D eigenvalue weighted by atomic mass is 79.9. The number of methoxy groups -OCH3 is 1. The van der Waals surface area contributed by atoms with Crippen LogP contribution in [0.2, 0.25) is 0 Å². The number of aromatic nitrogens is 2. The van der Waals surface area contributed by atoms with Gasteiger partial charge in [0.05, 0.1) is 25.2 Å². The summed E-state index contributed by atoms with van der Waals surface area (Å²) >= 11 is 3.21. The number of halogens is 1. The zero-order valence-corrected chi connectivity index (χ0v) is 12.8. The molecule has 2 aromatic rings. The van der Waals surface area contributed by atoms with Crippen molar-refractivity contribution in [1.82, 2.24) is 9.97 Å². The maximum atomic E-state index is 12.3. The number of nitrogens with one attached hydrogen (secondary N) is 1. The number of sulfonamides is 1. The summed E-state index contributed by atoms with van der Waals surface area (Å²) in [6.07, 6.45) is 3.99. The molecule has 1 aromatic carbocycles. The molecule has 0 saturated heterocycles. The first-order valence-electron chi connectivity index (χ1n) is 5.35. The van der Waals surface area contributed by atoms with Crippen molar-refractivity contribution in [3.63, 3.8) is 0 Å². The first-order chi connectivity index (χ1) is 9.44. The first kappa shape index (κ1) is 14.5. The molecule has 0 fully saturated rings. The van der Waals surface area contributed by atoms with Gasteiger partial charge in [-0.05, 0) is 28.1 Å². The van der Waals surface area contributed by atoms with Crippen LogP contribution in [-0.4, -0.2) is 25.5 Å². The van der Waals surface area contributed by atoms with Crippen molar-refractivity contribution in [3.8, 4) is 5.75 Å².